The molecule has 11 heavy (non-hydrogen) atoms. The number of aliphatic hydroxyl groups excluding tert-OH is 2. The number of hydrogen-bond acceptors (Lipinski definition) is 2. The van der Waals surface area contributed by atoms with Crippen LogP contribution >= 0.6 is 0 Å². The molecule has 0 bridgehead atoms. The predicted octanol–water partition coefficient (Wildman–Crippen LogP) is 1.47. The highest BCUT2D eigenvalue weighted by Gasteiger charge is 2.06. The molecule has 66 valence electrons. The second-order valence-electron chi connectivity index (χ2n) is 2.96. The van der Waals surface area contributed by atoms with E-state index in [-0.39, 0.29) is 6.10 Å². The lowest BCUT2D eigenvalue weighted by Gasteiger charge is -2.10. The van der Waals surface area contributed by atoms with Crippen LogP contribution in [0, 0.1) is 0 Å². The minimum absolute atomic E-state index is 0.352. The molecule has 0 aromatic heterocycles. The smallest absolute Gasteiger partial charge is 0.0564 e. The molecule has 0 saturated heterocycles. The zero-order valence-electron chi connectivity index (χ0n) is 7.16. The van der Waals surface area contributed by atoms with E-state index in [0.717, 1.165) is 19.3 Å². The van der Waals surface area contributed by atoms with Gasteiger partial charge in [-0.15, -0.1) is 6.58 Å². The first-order chi connectivity index (χ1) is 5.16. The molecule has 0 saturated carbocycles. The van der Waals surface area contributed by atoms with Crippen LogP contribution in [0.1, 0.15) is 32.6 Å². The molecule has 2 nitrogen and oxygen atoms in total. The highest BCUT2D eigenvalue weighted by molar-refractivity contribution is 4.68. The van der Waals surface area contributed by atoms with Crippen LogP contribution in [-0.4, -0.2) is 22.4 Å². The van der Waals surface area contributed by atoms with E-state index in [9.17, 15) is 5.11 Å². The van der Waals surface area contributed by atoms with Gasteiger partial charge in [-0.05, 0) is 32.6 Å². The van der Waals surface area contributed by atoms with Crippen LogP contribution in [0.25, 0.3) is 0 Å². The highest BCUT2D eigenvalue weighted by atomic mass is 16.3. The summed E-state index contributed by atoms with van der Waals surface area (Å²) in [4.78, 5) is 0. The molecule has 0 fully saturated rings. The van der Waals surface area contributed by atoms with E-state index < -0.39 is 6.10 Å². The van der Waals surface area contributed by atoms with Gasteiger partial charge >= 0.3 is 0 Å². The third-order valence-corrected chi connectivity index (χ3v) is 1.56. The van der Waals surface area contributed by atoms with E-state index in [2.05, 4.69) is 6.58 Å². The van der Waals surface area contributed by atoms with Crippen LogP contribution in [0.15, 0.2) is 12.7 Å². The number of allylic oxidation sites excluding steroid dienone is 1. The van der Waals surface area contributed by atoms with Gasteiger partial charge in [0.05, 0.1) is 12.2 Å². The van der Waals surface area contributed by atoms with Crippen molar-refractivity contribution >= 4 is 0 Å². The standard InChI is InChI=1S/C9H18O2/c1-3-4-5-6-9(11)7-8(2)10/h3,8-11H,1,4-7H2,2H3/t8-,9-/m1/s1. The molecule has 0 spiro atoms. The number of unbranched alkanes of at least 4 members (excludes halogenated alkanes) is 1. The molecule has 0 aromatic carbocycles. The summed E-state index contributed by atoms with van der Waals surface area (Å²) < 4.78 is 0. The quantitative estimate of drug-likeness (QED) is 0.454. The summed E-state index contributed by atoms with van der Waals surface area (Å²) in [5.74, 6) is 0. The summed E-state index contributed by atoms with van der Waals surface area (Å²) in [6, 6.07) is 0. The third-order valence-electron chi connectivity index (χ3n) is 1.56. The Morgan fingerprint density at radius 1 is 1.45 bits per heavy atom. The number of hydrogen-bond donors (Lipinski definition) is 2. The van der Waals surface area contributed by atoms with E-state index >= 15 is 0 Å². The molecule has 2 N–H and O–H groups in total. The van der Waals surface area contributed by atoms with Gasteiger partial charge in [0.25, 0.3) is 0 Å². The fourth-order valence-electron chi connectivity index (χ4n) is 1.01. The summed E-state index contributed by atoms with van der Waals surface area (Å²) in [5.41, 5.74) is 0. The van der Waals surface area contributed by atoms with Crippen molar-refractivity contribution in [2.75, 3.05) is 0 Å². The molecule has 0 amide bonds. The maximum absolute atomic E-state index is 9.25. The Morgan fingerprint density at radius 2 is 2.09 bits per heavy atom. The largest absolute Gasteiger partial charge is 0.393 e. The van der Waals surface area contributed by atoms with Gasteiger partial charge in [0.2, 0.25) is 0 Å². The van der Waals surface area contributed by atoms with Crippen molar-refractivity contribution in [3.05, 3.63) is 12.7 Å². The fraction of sp³-hybridized carbons (Fsp3) is 0.778. The Labute approximate surface area is 68.6 Å². The number of rotatable bonds is 6. The Kier molecular flexibility index (Phi) is 6.18. The second-order valence-corrected chi connectivity index (χ2v) is 2.96. The maximum atomic E-state index is 9.25. The first-order valence-corrected chi connectivity index (χ1v) is 4.13. The summed E-state index contributed by atoms with van der Waals surface area (Å²) >= 11 is 0. The Bertz CT molecular complexity index is 99.7. The van der Waals surface area contributed by atoms with Gasteiger partial charge in [-0.2, -0.15) is 0 Å². The van der Waals surface area contributed by atoms with Crippen LogP contribution in [0.3, 0.4) is 0 Å². The first-order valence-electron chi connectivity index (χ1n) is 4.13. The summed E-state index contributed by atoms with van der Waals surface area (Å²) in [7, 11) is 0. The van der Waals surface area contributed by atoms with Crippen LogP contribution < -0.4 is 0 Å². The molecule has 0 radical (unpaired) electrons. The van der Waals surface area contributed by atoms with Gasteiger partial charge in [0.15, 0.2) is 0 Å². The highest BCUT2D eigenvalue weighted by Crippen LogP contribution is 2.06. The van der Waals surface area contributed by atoms with Crippen molar-refractivity contribution in [2.45, 2.75) is 44.8 Å². The summed E-state index contributed by atoms with van der Waals surface area (Å²) in [6.07, 6.45) is 4.24. The van der Waals surface area contributed by atoms with E-state index in [1.807, 2.05) is 6.08 Å². The molecule has 0 unspecified atom stereocenters. The normalized spacial score (nSPS) is 15.9. The minimum atomic E-state index is -0.395. The van der Waals surface area contributed by atoms with Crippen LogP contribution in [0.5, 0.6) is 0 Å². The van der Waals surface area contributed by atoms with Crippen LogP contribution in [-0.2, 0) is 0 Å². The molecule has 0 rings (SSSR count). The van der Waals surface area contributed by atoms with Crippen molar-refractivity contribution in [1.82, 2.24) is 0 Å². The first kappa shape index (κ1) is 10.7. The average molecular weight is 158 g/mol. The zero-order valence-corrected chi connectivity index (χ0v) is 7.16. The van der Waals surface area contributed by atoms with E-state index in [4.69, 9.17) is 5.11 Å². The summed E-state index contributed by atoms with van der Waals surface area (Å²) in [5, 5.41) is 18.2. The fourth-order valence-corrected chi connectivity index (χ4v) is 1.01. The van der Waals surface area contributed by atoms with Crippen molar-refractivity contribution in [3.8, 4) is 0 Å². The Morgan fingerprint density at radius 3 is 2.55 bits per heavy atom. The summed E-state index contributed by atoms with van der Waals surface area (Å²) in [6.45, 7) is 5.28. The average Bonchev–Trinajstić information content (AvgIpc) is 1.86. The second kappa shape index (κ2) is 6.38. The van der Waals surface area contributed by atoms with Gasteiger partial charge in [0.1, 0.15) is 0 Å². The zero-order chi connectivity index (χ0) is 8.69. The maximum Gasteiger partial charge on any atom is 0.0564 e. The van der Waals surface area contributed by atoms with E-state index in [0.29, 0.717) is 6.42 Å². The molecule has 0 heterocycles. The molecule has 0 aliphatic heterocycles. The van der Waals surface area contributed by atoms with Gasteiger partial charge in [-0.3, -0.25) is 0 Å². The molecule has 0 aromatic rings. The van der Waals surface area contributed by atoms with Crippen molar-refractivity contribution in [1.29, 1.82) is 0 Å². The van der Waals surface area contributed by atoms with Crippen molar-refractivity contribution < 1.29 is 10.2 Å². The lowest BCUT2D eigenvalue weighted by atomic mass is 10.1. The van der Waals surface area contributed by atoms with E-state index in [1.54, 1.807) is 6.92 Å². The molecule has 0 aliphatic rings. The molecular formula is C9H18O2. The molecule has 2 heteroatoms. The predicted molar refractivity (Wildman–Crippen MR) is 46.4 cm³/mol. The molecule has 2 atom stereocenters. The van der Waals surface area contributed by atoms with E-state index in [1.165, 1.54) is 0 Å². The van der Waals surface area contributed by atoms with Crippen LogP contribution in [0.4, 0.5) is 0 Å². The van der Waals surface area contributed by atoms with Gasteiger partial charge < -0.3 is 10.2 Å². The number of aliphatic hydroxyl groups is 2. The monoisotopic (exact) mass is 158 g/mol. The van der Waals surface area contributed by atoms with Crippen molar-refractivity contribution in [2.24, 2.45) is 0 Å². The lowest BCUT2D eigenvalue weighted by Crippen LogP contribution is -2.14. The van der Waals surface area contributed by atoms with Gasteiger partial charge in [-0.25, -0.2) is 0 Å². The Hall–Kier alpha value is -0.340. The van der Waals surface area contributed by atoms with Gasteiger partial charge in [0, 0.05) is 0 Å². The SMILES string of the molecule is C=CCCC[C@@H](O)C[C@@H](C)O. The third kappa shape index (κ3) is 7.56. The van der Waals surface area contributed by atoms with Crippen LogP contribution in [0.2, 0.25) is 0 Å². The van der Waals surface area contributed by atoms with Crippen molar-refractivity contribution in [3.63, 3.8) is 0 Å². The Balaban J connectivity index is 3.21. The topological polar surface area (TPSA) is 40.5 Å². The lowest BCUT2D eigenvalue weighted by molar-refractivity contribution is 0.0841. The molecular weight excluding hydrogens is 140 g/mol. The molecule has 0 aliphatic carbocycles. The van der Waals surface area contributed by atoms with Gasteiger partial charge in [-0.1, -0.05) is 6.08 Å². The minimum Gasteiger partial charge on any atom is -0.393 e.